The summed E-state index contributed by atoms with van der Waals surface area (Å²) in [7, 11) is 1.69. The van der Waals surface area contributed by atoms with E-state index in [0.29, 0.717) is 5.76 Å². The van der Waals surface area contributed by atoms with Crippen molar-refractivity contribution in [1.82, 2.24) is 10.3 Å². The molecule has 0 aliphatic carbocycles. The summed E-state index contributed by atoms with van der Waals surface area (Å²) in [5.41, 5.74) is 3.69. The topological polar surface area (TPSA) is 72.6 Å². The number of benzene rings is 1. The Morgan fingerprint density at radius 1 is 1.34 bits per heavy atom. The Morgan fingerprint density at radius 3 is 2.90 bits per heavy atom. The van der Waals surface area contributed by atoms with Crippen LogP contribution in [0.2, 0.25) is 0 Å². The number of fused-ring (bicyclic) bond motifs is 2. The molecule has 4 rings (SSSR count). The van der Waals surface area contributed by atoms with Crippen molar-refractivity contribution in [2.45, 2.75) is 52.2 Å². The predicted molar refractivity (Wildman–Crippen MR) is 112 cm³/mol. The van der Waals surface area contributed by atoms with E-state index in [0.717, 1.165) is 37.1 Å². The Kier molecular flexibility index (Phi) is 5.54. The number of H-pyrrole nitrogens is 1. The van der Waals surface area contributed by atoms with E-state index in [1.807, 2.05) is 6.07 Å². The lowest BCUT2D eigenvalue weighted by Crippen LogP contribution is -2.47. The van der Waals surface area contributed by atoms with Gasteiger partial charge in [0.15, 0.2) is 0 Å². The van der Waals surface area contributed by atoms with Crippen LogP contribution in [0, 0.1) is 11.8 Å². The quantitative estimate of drug-likeness (QED) is 0.738. The number of esters is 1. The maximum Gasteiger partial charge on any atom is 0.307 e. The standard InChI is InChI=1S/C23H30N2O4/c1-5-6-17-16-8-7-15(27-4)9-20(16)25-23(17)21-10-18-19(11-24-21)13(2)28-12-22(18)29-14(3)26/h7-9,12-13,18-19,21,24-25H,5-6,10-11H2,1-4H3/t13-,18-,19-,21-/m0/s1. The minimum Gasteiger partial charge on any atom is -0.497 e. The highest BCUT2D eigenvalue weighted by Crippen LogP contribution is 2.42. The number of aromatic nitrogens is 1. The molecule has 0 unspecified atom stereocenters. The van der Waals surface area contributed by atoms with Crippen LogP contribution >= 0.6 is 0 Å². The first-order chi connectivity index (χ1) is 14.0. The lowest BCUT2D eigenvalue weighted by atomic mass is 9.77. The summed E-state index contributed by atoms with van der Waals surface area (Å²) in [6, 6.07) is 6.39. The number of hydrogen-bond acceptors (Lipinski definition) is 5. The number of piperidine rings is 1. The van der Waals surface area contributed by atoms with E-state index in [-0.39, 0.29) is 30.0 Å². The van der Waals surface area contributed by atoms with E-state index >= 15 is 0 Å². The van der Waals surface area contributed by atoms with Crippen LogP contribution in [0.5, 0.6) is 5.75 Å². The fourth-order valence-electron chi connectivity index (χ4n) is 4.80. The van der Waals surface area contributed by atoms with Crippen molar-refractivity contribution in [3.8, 4) is 5.75 Å². The normalized spacial score (nSPS) is 26.4. The van der Waals surface area contributed by atoms with Gasteiger partial charge in [-0.05, 0) is 37.5 Å². The van der Waals surface area contributed by atoms with Crippen molar-refractivity contribution in [2.75, 3.05) is 13.7 Å². The summed E-state index contributed by atoms with van der Waals surface area (Å²) in [4.78, 5) is 15.2. The van der Waals surface area contributed by atoms with Gasteiger partial charge in [-0.3, -0.25) is 4.79 Å². The van der Waals surface area contributed by atoms with Gasteiger partial charge in [-0.1, -0.05) is 13.3 Å². The molecule has 0 saturated carbocycles. The summed E-state index contributed by atoms with van der Waals surface area (Å²) in [6.07, 6.45) is 4.68. The van der Waals surface area contributed by atoms with Crippen molar-refractivity contribution in [1.29, 1.82) is 0 Å². The first-order valence-corrected chi connectivity index (χ1v) is 10.5. The number of carbonyl (C=O) groups is 1. The molecule has 2 aromatic rings. The molecule has 4 atom stereocenters. The molecular weight excluding hydrogens is 368 g/mol. The molecule has 0 radical (unpaired) electrons. The second-order valence-electron chi connectivity index (χ2n) is 8.10. The minimum atomic E-state index is -0.299. The number of rotatable bonds is 5. The molecule has 0 amide bonds. The minimum absolute atomic E-state index is 0.0924. The Morgan fingerprint density at radius 2 is 2.17 bits per heavy atom. The molecule has 156 valence electrons. The molecule has 1 saturated heterocycles. The number of hydrogen-bond donors (Lipinski definition) is 2. The number of nitrogens with one attached hydrogen (secondary N) is 2. The molecular formula is C23H30N2O4. The number of methoxy groups -OCH3 is 1. The van der Waals surface area contributed by atoms with Crippen molar-refractivity contribution in [3.63, 3.8) is 0 Å². The van der Waals surface area contributed by atoms with Gasteiger partial charge < -0.3 is 24.5 Å². The van der Waals surface area contributed by atoms with E-state index in [1.54, 1.807) is 13.4 Å². The average molecular weight is 399 g/mol. The molecule has 29 heavy (non-hydrogen) atoms. The summed E-state index contributed by atoms with van der Waals surface area (Å²) in [5, 5.41) is 4.97. The third-order valence-corrected chi connectivity index (χ3v) is 6.23. The second kappa shape index (κ2) is 8.11. The first kappa shape index (κ1) is 19.8. The van der Waals surface area contributed by atoms with Gasteiger partial charge in [0.1, 0.15) is 17.8 Å². The maximum atomic E-state index is 11.6. The summed E-state index contributed by atoms with van der Waals surface area (Å²) < 4.78 is 16.6. The number of aromatic amines is 1. The van der Waals surface area contributed by atoms with Crippen molar-refractivity contribution in [2.24, 2.45) is 11.8 Å². The molecule has 0 spiro atoms. The van der Waals surface area contributed by atoms with Gasteiger partial charge in [-0.2, -0.15) is 0 Å². The smallest absolute Gasteiger partial charge is 0.307 e. The van der Waals surface area contributed by atoms with E-state index in [2.05, 4.69) is 36.3 Å². The van der Waals surface area contributed by atoms with Crippen LogP contribution in [-0.2, 0) is 20.7 Å². The monoisotopic (exact) mass is 398 g/mol. The van der Waals surface area contributed by atoms with Gasteiger partial charge in [0.05, 0.1) is 13.2 Å². The Hall–Kier alpha value is -2.47. The van der Waals surface area contributed by atoms with Crippen LogP contribution in [0.1, 0.15) is 50.9 Å². The zero-order valence-electron chi connectivity index (χ0n) is 17.6. The van der Waals surface area contributed by atoms with Crippen LogP contribution < -0.4 is 10.1 Å². The molecule has 1 aromatic carbocycles. The number of carbonyl (C=O) groups excluding carboxylic acids is 1. The zero-order valence-corrected chi connectivity index (χ0v) is 17.6. The average Bonchev–Trinajstić information content (AvgIpc) is 3.07. The second-order valence-corrected chi connectivity index (χ2v) is 8.10. The summed E-state index contributed by atoms with van der Waals surface area (Å²) in [6.45, 7) is 6.55. The van der Waals surface area contributed by atoms with Crippen LogP contribution in [0.3, 0.4) is 0 Å². The molecule has 0 bridgehead atoms. The fourth-order valence-corrected chi connectivity index (χ4v) is 4.80. The lowest BCUT2D eigenvalue weighted by Gasteiger charge is -2.42. The Bertz CT molecular complexity index is 932. The maximum absolute atomic E-state index is 11.6. The molecule has 1 aromatic heterocycles. The highest BCUT2D eigenvalue weighted by Gasteiger charge is 2.41. The molecule has 6 nitrogen and oxygen atoms in total. The number of aryl methyl sites for hydroxylation is 1. The van der Waals surface area contributed by atoms with Crippen molar-refractivity contribution >= 4 is 16.9 Å². The van der Waals surface area contributed by atoms with Crippen molar-refractivity contribution in [3.05, 3.63) is 41.5 Å². The highest BCUT2D eigenvalue weighted by atomic mass is 16.6. The first-order valence-electron chi connectivity index (χ1n) is 10.5. The van der Waals surface area contributed by atoms with Crippen molar-refractivity contribution < 1.29 is 19.0 Å². The summed E-state index contributed by atoms with van der Waals surface area (Å²) in [5.74, 6) is 1.65. The van der Waals surface area contributed by atoms with Gasteiger partial charge in [0.25, 0.3) is 0 Å². The third kappa shape index (κ3) is 3.73. The third-order valence-electron chi connectivity index (χ3n) is 6.23. The van der Waals surface area contributed by atoms with E-state index in [1.165, 1.54) is 23.6 Å². The summed E-state index contributed by atoms with van der Waals surface area (Å²) >= 11 is 0. The molecule has 6 heteroatoms. The van der Waals surface area contributed by atoms with Crippen LogP contribution in [0.15, 0.2) is 30.2 Å². The van der Waals surface area contributed by atoms with E-state index in [9.17, 15) is 4.79 Å². The fraction of sp³-hybridized carbons (Fsp3) is 0.522. The Labute approximate surface area is 171 Å². The number of allylic oxidation sites excluding steroid dienone is 1. The largest absolute Gasteiger partial charge is 0.497 e. The van der Waals surface area contributed by atoms with E-state index < -0.39 is 0 Å². The predicted octanol–water partition coefficient (Wildman–Crippen LogP) is 4.22. The molecule has 2 aliphatic heterocycles. The van der Waals surface area contributed by atoms with Gasteiger partial charge in [-0.15, -0.1) is 0 Å². The van der Waals surface area contributed by atoms with Gasteiger partial charge >= 0.3 is 5.97 Å². The molecule has 3 heterocycles. The number of ether oxygens (including phenoxy) is 3. The highest BCUT2D eigenvalue weighted by molar-refractivity contribution is 5.86. The van der Waals surface area contributed by atoms with Gasteiger partial charge in [0.2, 0.25) is 0 Å². The van der Waals surface area contributed by atoms with Crippen LogP contribution in [0.25, 0.3) is 10.9 Å². The zero-order chi connectivity index (χ0) is 20.5. The lowest BCUT2D eigenvalue weighted by molar-refractivity contribution is -0.140. The van der Waals surface area contributed by atoms with Crippen LogP contribution in [0.4, 0.5) is 0 Å². The van der Waals surface area contributed by atoms with Crippen LogP contribution in [-0.4, -0.2) is 30.7 Å². The molecule has 2 aliphatic rings. The van der Waals surface area contributed by atoms with E-state index in [4.69, 9.17) is 14.2 Å². The van der Waals surface area contributed by atoms with Gasteiger partial charge in [0, 0.05) is 54.0 Å². The van der Waals surface area contributed by atoms with Gasteiger partial charge in [-0.25, -0.2) is 0 Å². The molecule has 1 fully saturated rings. The molecule has 2 N–H and O–H groups in total. The SMILES string of the molecule is CCCc1c([C@@H]2C[C@@H]3C(OC(C)=O)=CO[C@@H](C)[C@@H]3CN2)[nH]c2cc(OC)ccc12. The Balaban J connectivity index is 1.69.